The van der Waals surface area contributed by atoms with Crippen molar-refractivity contribution in [3.8, 4) is 0 Å². The Bertz CT molecular complexity index is 1210. The fraction of sp³-hybridized carbons (Fsp3) is 0.862. The maximum absolute atomic E-state index is 11.0. The third kappa shape index (κ3) is 72.7. The largest absolute Gasteiger partial charge is 3.00 e. The summed E-state index contributed by atoms with van der Waals surface area (Å²) in [5.41, 5.74) is 4.20. The molecule has 3 saturated heterocycles. The molecule has 78 heavy (non-hydrogen) atoms. The summed E-state index contributed by atoms with van der Waals surface area (Å²) >= 11 is 14.8. The number of hydrogen-bond donors (Lipinski definition) is 3. The Hall–Kier alpha value is 0.647. The van der Waals surface area contributed by atoms with E-state index in [9.17, 15) is 9.59 Å². The third-order valence-electron chi connectivity index (χ3n) is 9.41. The molecule has 0 unspecified atom stereocenters. The Morgan fingerprint density at radius 3 is 1.33 bits per heavy atom. The Morgan fingerprint density at radius 1 is 0.731 bits per heavy atom. The van der Waals surface area contributed by atoms with Crippen LogP contribution in [-0.2, 0) is 56.8 Å². The summed E-state index contributed by atoms with van der Waals surface area (Å²) in [6, 6.07) is 2.60. The number of carbonyl (C=O) groups excluding carboxylic acids is 2. The minimum absolute atomic E-state index is 0. The van der Waals surface area contributed by atoms with Crippen LogP contribution < -0.4 is 16.4 Å². The predicted octanol–water partition coefficient (Wildman–Crippen LogP) is 15.2. The van der Waals surface area contributed by atoms with Crippen LogP contribution >= 0.6 is 53.1 Å². The van der Waals surface area contributed by atoms with E-state index in [1.807, 2.05) is 47.8 Å². The molecule has 2 atom stereocenters. The van der Waals surface area contributed by atoms with Gasteiger partial charge in [-0.2, -0.15) is 25.7 Å². The van der Waals surface area contributed by atoms with Gasteiger partial charge in [-0.1, -0.05) is 68.2 Å². The number of unbranched alkanes of at least 4 members (excludes halogenated alkanes) is 4. The molecule has 3 aliphatic heterocycles. The minimum atomic E-state index is -0.938. The first-order valence-electron chi connectivity index (χ1n) is 27.6. The van der Waals surface area contributed by atoms with Gasteiger partial charge in [0.1, 0.15) is 0 Å². The molecule has 476 valence electrons. The fourth-order valence-corrected chi connectivity index (χ4v) is 9.80. The van der Waals surface area contributed by atoms with E-state index in [2.05, 4.69) is 162 Å². The van der Waals surface area contributed by atoms with Crippen LogP contribution in [-0.4, -0.2) is 154 Å². The van der Waals surface area contributed by atoms with Crippen molar-refractivity contribution < 1.29 is 56.8 Å². The summed E-state index contributed by atoms with van der Waals surface area (Å²) in [4.78, 5) is 24.6. The molecular formula is C58H125ClN8Ni2O5P2S2. The van der Waals surface area contributed by atoms with Crippen LogP contribution in [0, 0.1) is 27.7 Å². The predicted molar refractivity (Wildman–Crippen MR) is 350 cm³/mol. The molecular weight excluding hydrogens is 1170 g/mol. The van der Waals surface area contributed by atoms with Crippen LogP contribution in [0.1, 0.15) is 217 Å². The SMILES string of the molecule is C.C.C1CCOC1.CC(C)(C)O[C@H]([C-]=O)N=C=S.CC(C)N1CCN(C(C)C)P1.CC(C)N1CCN(C(C)C)P1CCCNC(=S)N[C@H]([C-]=O)OC(C)(C)C.NCCCCl.[CH2-]CCC.[CH2-]CCC.[CH2-]CCC.[CH2-]CCC.[Ni+3].[Ni+3]. The molecule has 0 bridgehead atoms. The number of rotatable bonds is 20. The van der Waals surface area contributed by atoms with E-state index >= 15 is 0 Å². The number of nitrogens with one attached hydrogen (secondary N) is 2. The first kappa shape index (κ1) is 101. The van der Waals surface area contributed by atoms with E-state index in [0.29, 0.717) is 29.6 Å². The first-order valence-corrected chi connectivity index (χ1v) is 31.2. The van der Waals surface area contributed by atoms with Crippen molar-refractivity contribution in [3.63, 3.8) is 0 Å². The second-order valence-electron chi connectivity index (χ2n) is 20.3. The van der Waals surface area contributed by atoms with Gasteiger partial charge in [-0.05, 0) is 160 Å². The summed E-state index contributed by atoms with van der Waals surface area (Å²) in [5.74, 6) is 0.691. The number of aliphatic imine (C=N–C) groups is 1. The molecule has 3 heterocycles. The van der Waals surface area contributed by atoms with Crippen molar-refractivity contribution in [2.24, 2.45) is 10.7 Å². The van der Waals surface area contributed by atoms with Gasteiger partial charge in [0, 0.05) is 99.3 Å². The average molecular weight is 1290 g/mol. The monoisotopic (exact) mass is 1290 g/mol. The van der Waals surface area contributed by atoms with Crippen LogP contribution in [0.4, 0.5) is 0 Å². The second-order valence-corrected chi connectivity index (χ2v) is 24.8. The van der Waals surface area contributed by atoms with Gasteiger partial charge in [-0.25, -0.2) is 17.6 Å². The topological polar surface area (TPSA) is 137 Å². The van der Waals surface area contributed by atoms with E-state index < -0.39 is 23.7 Å². The smallest absolute Gasteiger partial charge is 0.538 e. The van der Waals surface area contributed by atoms with Crippen LogP contribution in [0.25, 0.3) is 0 Å². The molecule has 3 aliphatic rings. The van der Waals surface area contributed by atoms with Crippen molar-refractivity contribution in [3.05, 3.63) is 27.7 Å². The van der Waals surface area contributed by atoms with Crippen LogP contribution in [0.5, 0.6) is 0 Å². The molecule has 0 saturated carbocycles. The molecule has 3 rings (SSSR count). The van der Waals surface area contributed by atoms with Gasteiger partial charge >= 0.3 is 33.0 Å². The number of halogens is 1. The number of alkyl halides is 1. The molecule has 20 heteroatoms. The van der Waals surface area contributed by atoms with Crippen molar-refractivity contribution in [2.45, 2.75) is 264 Å². The summed E-state index contributed by atoms with van der Waals surface area (Å²) in [6.45, 7) is 60.6. The quantitative estimate of drug-likeness (QED) is 0.0156. The van der Waals surface area contributed by atoms with Crippen molar-refractivity contribution in [1.82, 2.24) is 29.3 Å². The summed E-state index contributed by atoms with van der Waals surface area (Å²) < 4.78 is 26.0. The average Bonchev–Trinajstić information content (AvgIpc) is 4.18. The van der Waals surface area contributed by atoms with Gasteiger partial charge in [-0.3, -0.25) is 18.7 Å². The van der Waals surface area contributed by atoms with E-state index in [-0.39, 0.29) is 56.1 Å². The Kier molecular flexibility index (Phi) is 90.5. The number of nitrogens with two attached hydrogens (primary N) is 1. The van der Waals surface area contributed by atoms with Crippen LogP contribution in [0.2, 0.25) is 0 Å². The number of thiocarbonyl (C=S) groups is 2. The first-order chi connectivity index (χ1) is 34.7. The summed E-state index contributed by atoms with van der Waals surface area (Å²) in [7, 11) is 0.674. The van der Waals surface area contributed by atoms with Gasteiger partial charge < -0.3 is 67.9 Å². The molecule has 13 nitrogen and oxygen atoms in total. The minimum Gasteiger partial charge on any atom is -0.538 e. The zero-order valence-corrected chi connectivity index (χ0v) is 57.7. The number of isothiocyanates is 1. The standard InChI is InChI=1S/C18H36N4O2PS.C8H19N2P.C7H10NO2S.C4H8O.4C4H9.C3H8ClN.2CH4.2Ni/c1-14(2)21-10-11-22(15(3)4)25(21)12-8-9-19-17(26)20-16(13-23)24-18(5,6)7;1-7(2)9-5-6-10(11-9)8(3)4;1-7(2,3)10-6(4-9)8-5-11;1-2-4-5-3-1;4*1-3-4-2;4-2-1-3-5;;;;/h14-16H,8-12H2,1-7H3,(H2,19,20,26);7-8,11H,5-6H2,1-4H3;6H,1-3H3;1-4H2;4*1,3-4H2,2H3;1-3,5H2;2*1H4;;/q-1;;-1;;4*-1;;;;2*+3/t16-;;6-;;;;;;;;;;/m0.1........../s1. The van der Waals surface area contributed by atoms with Crippen molar-refractivity contribution >= 4 is 76.0 Å². The molecule has 3 fully saturated rings. The Balaban J connectivity index is -0.0000000934. The number of nitrogens with zero attached hydrogens (tertiary/aromatic N) is 5. The summed E-state index contributed by atoms with van der Waals surface area (Å²) in [5, 5.41) is 8.54. The van der Waals surface area contributed by atoms with Gasteiger partial charge in [0.2, 0.25) is 0 Å². The van der Waals surface area contributed by atoms with E-state index in [1.54, 1.807) is 6.29 Å². The van der Waals surface area contributed by atoms with Gasteiger partial charge in [0.25, 0.3) is 0 Å². The van der Waals surface area contributed by atoms with E-state index in [1.165, 1.54) is 51.6 Å². The van der Waals surface area contributed by atoms with E-state index in [4.69, 9.17) is 43.8 Å². The zero-order valence-electron chi connectivity index (χ0n) is 51.5. The second kappa shape index (κ2) is 70.1. The molecule has 0 amide bonds. The summed E-state index contributed by atoms with van der Waals surface area (Å²) in [6.07, 6.45) is 16.4. The van der Waals surface area contributed by atoms with Crippen LogP contribution in [0.3, 0.4) is 0 Å². The number of hydrogen-bond acceptors (Lipinski definition) is 13. The molecule has 0 aliphatic carbocycles. The van der Waals surface area contributed by atoms with Crippen molar-refractivity contribution in [2.75, 3.05) is 64.5 Å². The normalized spacial score (nSPS) is 14.8. The molecule has 0 aromatic carbocycles. The maximum atomic E-state index is 11.0. The molecule has 2 radical (unpaired) electrons. The molecule has 0 spiro atoms. The Morgan fingerprint density at radius 2 is 1.12 bits per heavy atom. The molecule has 0 aromatic rings. The molecule has 4 N–H and O–H groups in total. The molecule has 0 aromatic heterocycles. The van der Waals surface area contributed by atoms with Gasteiger partial charge in [0.05, 0.1) is 22.6 Å². The maximum Gasteiger partial charge on any atom is 3.00 e. The third-order valence-corrected chi connectivity index (χ3v) is 15.3. The van der Waals surface area contributed by atoms with Crippen LogP contribution in [0.15, 0.2) is 4.99 Å². The Labute approximate surface area is 525 Å². The fourth-order valence-electron chi connectivity index (χ4n) is 5.19. The van der Waals surface area contributed by atoms with Gasteiger partial charge in [-0.15, -0.1) is 11.6 Å². The number of ether oxygens (including phenoxy) is 3. The van der Waals surface area contributed by atoms with Crippen molar-refractivity contribution in [1.29, 1.82) is 0 Å². The van der Waals surface area contributed by atoms with Gasteiger partial charge in [0.15, 0.2) is 5.11 Å². The zero-order chi connectivity index (χ0) is 58.6. The van der Waals surface area contributed by atoms with E-state index in [0.717, 1.165) is 98.5 Å².